The Morgan fingerprint density at radius 1 is 0.305 bits per heavy atom. The predicted molar refractivity (Wildman–Crippen MR) is 466 cm³/mol. The second kappa shape index (κ2) is 29.7. The molecule has 0 saturated heterocycles. The third-order valence-corrected chi connectivity index (χ3v) is 24.9. The standard InChI is InChI=1S/C49H62N2S.C27H32ClN.C22H31NS/c1-33-29-40(50(37-21-15-34(16-22-37)45(2,3)4)38-23-17-35(18-24-38)46(5,6)7)31-41(30-33)51(39-25-19-36(20-26-39)47(8,9)10)42-32-52-44-43(42)48(11,12)27-28-49(44,13)14;1-19-16-22(28)18-25(17-19)29(23-12-8-20(9-13-23)26(2,3)4)24-14-10-21(11-15-24)27(5,6)7;1-20(2,3)15-8-10-16(11-9-15)23-17-14-24-19-18(17)21(4,5)12-13-22(19,6)7/h15-26,29-32H,27-28H2,1-14H3;8-18H,1-7H3;8-11,14,23H,12-13H2,1-7H3. The van der Waals surface area contributed by atoms with Crippen LogP contribution < -0.4 is 20.0 Å². The van der Waals surface area contributed by atoms with Crippen molar-refractivity contribution in [3.8, 4) is 0 Å². The maximum absolute atomic E-state index is 6.41. The van der Waals surface area contributed by atoms with E-state index in [2.05, 4.69) is 394 Å². The SMILES string of the molecule is CC(C)(C)c1ccc(Nc2csc3c2C(C)(C)CCC3(C)C)cc1.Cc1cc(Cl)cc(N(c2ccc(C(C)(C)C)cc2)c2ccc(C(C)(C)C)cc2)c1.Cc1cc(N(c2ccc(C(C)(C)C)cc2)c2ccc(C(C)(C)C)cc2)cc(N(c2ccc(C(C)(C)C)cc2)c2csc3c2C(C)(C)CCC3(C)C)c1. The summed E-state index contributed by atoms with van der Waals surface area (Å²) in [6, 6.07) is 67.7. The van der Waals surface area contributed by atoms with Gasteiger partial charge in [-0.3, -0.25) is 0 Å². The zero-order valence-corrected chi connectivity index (χ0v) is 71.7. The van der Waals surface area contributed by atoms with Crippen LogP contribution in [0.1, 0.15) is 271 Å². The van der Waals surface area contributed by atoms with Crippen molar-refractivity contribution < 1.29 is 0 Å². The summed E-state index contributed by atoms with van der Waals surface area (Å²) in [5, 5.41) is 9.20. The summed E-state index contributed by atoms with van der Waals surface area (Å²) in [6.07, 6.45) is 4.91. The van der Waals surface area contributed by atoms with Crippen molar-refractivity contribution in [1.29, 1.82) is 0 Å². The highest BCUT2D eigenvalue weighted by Gasteiger charge is 2.43. The van der Waals surface area contributed by atoms with Crippen molar-refractivity contribution in [2.75, 3.05) is 20.0 Å². The van der Waals surface area contributed by atoms with Gasteiger partial charge in [-0.15, -0.1) is 22.7 Å². The highest BCUT2D eigenvalue weighted by Crippen LogP contribution is 2.57. The molecule has 4 nitrogen and oxygen atoms in total. The van der Waals surface area contributed by atoms with E-state index < -0.39 is 0 Å². The van der Waals surface area contributed by atoms with Gasteiger partial charge >= 0.3 is 0 Å². The van der Waals surface area contributed by atoms with Crippen LogP contribution >= 0.6 is 34.3 Å². The maximum Gasteiger partial charge on any atom is 0.0609 e. The van der Waals surface area contributed by atoms with Crippen molar-refractivity contribution in [3.05, 3.63) is 263 Å². The van der Waals surface area contributed by atoms with Gasteiger partial charge in [-0.05, 0) is 259 Å². The molecule has 10 aromatic rings. The largest absolute Gasteiger partial charge is 0.355 e. The van der Waals surface area contributed by atoms with Crippen molar-refractivity contribution >= 4 is 96.8 Å². The van der Waals surface area contributed by atoms with Gasteiger partial charge in [0.25, 0.3) is 0 Å². The topological polar surface area (TPSA) is 21.8 Å². The van der Waals surface area contributed by atoms with Crippen LogP contribution in [0.5, 0.6) is 0 Å². The molecule has 7 heteroatoms. The zero-order chi connectivity index (χ0) is 77.2. The third kappa shape index (κ3) is 18.4. The van der Waals surface area contributed by atoms with Crippen LogP contribution in [0.2, 0.25) is 5.02 Å². The van der Waals surface area contributed by atoms with E-state index in [-0.39, 0.29) is 48.7 Å². The van der Waals surface area contributed by atoms with Gasteiger partial charge in [-0.2, -0.15) is 0 Å². The lowest BCUT2D eigenvalue weighted by molar-refractivity contribution is 0.339. The molecular weight excluding hydrogens is 1330 g/mol. The summed E-state index contributed by atoms with van der Waals surface area (Å²) in [5.41, 5.74) is 27.9. The number of nitrogens with one attached hydrogen (secondary N) is 1. The third-order valence-electron chi connectivity index (χ3n) is 22.0. The maximum atomic E-state index is 6.41. The highest BCUT2D eigenvalue weighted by atomic mass is 35.5. The van der Waals surface area contributed by atoms with Gasteiger partial charge in [0.1, 0.15) is 0 Å². The molecule has 2 aromatic heterocycles. The van der Waals surface area contributed by atoms with Crippen LogP contribution in [-0.4, -0.2) is 0 Å². The summed E-state index contributed by atoms with van der Waals surface area (Å²) in [4.78, 5) is 10.4. The lowest BCUT2D eigenvalue weighted by atomic mass is 9.66. The Kier molecular flexibility index (Phi) is 22.7. The Morgan fingerprint density at radius 3 is 0.905 bits per heavy atom. The van der Waals surface area contributed by atoms with E-state index in [0.717, 1.165) is 44.7 Å². The number of halogens is 1. The molecule has 2 aliphatic rings. The van der Waals surface area contributed by atoms with Crippen LogP contribution in [0.15, 0.2) is 193 Å². The molecule has 0 fully saturated rings. The quantitative estimate of drug-likeness (QED) is 0.139. The number of thiophene rings is 2. The Morgan fingerprint density at radius 2 is 0.571 bits per heavy atom. The molecule has 1 N–H and O–H groups in total. The van der Waals surface area contributed by atoms with Crippen molar-refractivity contribution in [1.82, 2.24) is 0 Å². The minimum atomic E-state index is 0.0755. The van der Waals surface area contributed by atoms with Gasteiger partial charge in [0.05, 0.1) is 11.4 Å². The molecule has 0 unspecified atom stereocenters. The van der Waals surface area contributed by atoms with E-state index in [1.165, 1.54) is 109 Å². The molecule has 0 bridgehead atoms. The number of anilines is 11. The van der Waals surface area contributed by atoms with Crippen LogP contribution in [0.3, 0.4) is 0 Å². The van der Waals surface area contributed by atoms with Crippen LogP contribution in [0.25, 0.3) is 0 Å². The summed E-state index contributed by atoms with van der Waals surface area (Å²) in [7, 11) is 0. The Bertz CT molecular complexity index is 4470. The normalized spacial score (nSPS) is 15.4. The first-order valence-corrected chi connectivity index (χ1v) is 40.6. The summed E-state index contributed by atoms with van der Waals surface area (Å²) >= 11 is 10.3. The summed E-state index contributed by atoms with van der Waals surface area (Å²) in [6.45, 7) is 64.5. The first kappa shape index (κ1) is 80.2. The molecule has 0 aliphatic heterocycles. The van der Waals surface area contributed by atoms with Crippen molar-refractivity contribution in [3.63, 3.8) is 0 Å². The predicted octanol–water partition coefficient (Wildman–Crippen LogP) is 31.1. The number of nitrogens with zero attached hydrogens (tertiary/aromatic N) is 3. The molecular formula is C98H125ClN4S2. The molecule has 0 radical (unpaired) electrons. The number of hydrogen-bond donors (Lipinski definition) is 1. The van der Waals surface area contributed by atoms with E-state index in [1.807, 2.05) is 34.8 Å². The molecule has 105 heavy (non-hydrogen) atoms. The second-order valence-electron chi connectivity index (χ2n) is 39.2. The molecule has 0 spiro atoms. The number of fused-ring (bicyclic) bond motifs is 2. The fourth-order valence-electron chi connectivity index (χ4n) is 14.9. The van der Waals surface area contributed by atoms with Crippen LogP contribution in [0, 0.1) is 13.8 Å². The fourth-order valence-corrected chi connectivity index (χ4v) is 17.9. The van der Waals surface area contributed by atoms with E-state index in [0.29, 0.717) is 5.41 Å². The molecule has 556 valence electrons. The zero-order valence-electron chi connectivity index (χ0n) is 69.3. The van der Waals surface area contributed by atoms with Gasteiger partial charge < -0.3 is 20.0 Å². The summed E-state index contributed by atoms with van der Waals surface area (Å²) in [5.74, 6) is 0. The van der Waals surface area contributed by atoms with E-state index in [9.17, 15) is 0 Å². The van der Waals surface area contributed by atoms with Crippen LogP contribution in [0.4, 0.5) is 62.6 Å². The number of benzene rings is 8. The first-order valence-electron chi connectivity index (χ1n) is 38.5. The van der Waals surface area contributed by atoms with Gasteiger partial charge in [-0.25, -0.2) is 0 Å². The van der Waals surface area contributed by atoms with Crippen molar-refractivity contribution in [2.45, 2.75) is 274 Å². The average molecular weight is 1460 g/mol. The van der Waals surface area contributed by atoms with Gasteiger partial charge in [0.15, 0.2) is 0 Å². The number of rotatable bonds is 11. The van der Waals surface area contributed by atoms with E-state index in [1.54, 1.807) is 4.88 Å². The fraction of sp³-hybridized carbons (Fsp3) is 0.429. The van der Waals surface area contributed by atoms with Gasteiger partial charge in [0, 0.05) is 76.7 Å². The Hall–Kier alpha value is -7.35. The molecule has 8 aromatic carbocycles. The molecule has 0 atom stereocenters. The lowest BCUT2D eigenvalue weighted by Crippen LogP contribution is -2.33. The van der Waals surface area contributed by atoms with E-state index in [4.69, 9.17) is 11.6 Å². The van der Waals surface area contributed by atoms with Crippen LogP contribution in [-0.2, 0) is 54.1 Å². The molecule has 0 amide bonds. The van der Waals surface area contributed by atoms with E-state index >= 15 is 0 Å². The average Bonchev–Trinajstić information content (AvgIpc) is 1.62. The van der Waals surface area contributed by atoms with Gasteiger partial charge in [0.2, 0.25) is 0 Å². The first-order chi connectivity index (χ1) is 48.5. The lowest BCUT2D eigenvalue weighted by Gasteiger charge is -2.41. The Labute approximate surface area is 649 Å². The molecule has 2 heterocycles. The van der Waals surface area contributed by atoms with Crippen molar-refractivity contribution in [2.24, 2.45) is 0 Å². The summed E-state index contributed by atoms with van der Waals surface area (Å²) < 4.78 is 0. The van der Waals surface area contributed by atoms with Gasteiger partial charge in [-0.1, -0.05) is 264 Å². The monoisotopic (exact) mass is 1460 g/mol. The Balaban J connectivity index is 0.000000187. The minimum absolute atomic E-state index is 0.0755. The second-order valence-corrected chi connectivity index (χ2v) is 41.4. The molecule has 0 saturated carbocycles. The molecule has 2 aliphatic carbocycles. The number of hydrogen-bond acceptors (Lipinski definition) is 6. The molecule has 12 rings (SSSR count). The smallest absolute Gasteiger partial charge is 0.0609 e. The number of aryl methyl sites for hydroxylation is 2. The minimum Gasteiger partial charge on any atom is -0.355 e. The highest BCUT2D eigenvalue weighted by molar-refractivity contribution is 7.11.